The molecule has 2 aromatic carbocycles. The maximum atomic E-state index is 12.8. The molecule has 1 aliphatic carbocycles. The summed E-state index contributed by atoms with van der Waals surface area (Å²) in [4.78, 5) is 26.4. The number of sulfonamides is 1. The van der Waals surface area contributed by atoms with E-state index in [0.717, 1.165) is 28.8 Å². The first-order chi connectivity index (χ1) is 14.7. The Hall–Kier alpha value is -3.01. The van der Waals surface area contributed by atoms with Gasteiger partial charge in [0, 0.05) is 22.2 Å². The molecule has 4 N–H and O–H groups in total. The summed E-state index contributed by atoms with van der Waals surface area (Å²) in [5.41, 5.74) is 2.73. The Kier molecular flexibility index (Phi) is 5.65. The number of nitrogens with two attached hydrogens (primary N) is 1. The summed E-state index contributed by atoms with van der Waals surface area (Å²) in [6.45, 7) is 1.87. The molecule has 1 saturated carbocycles. The monoisotopic (exact) mass is 455 g/mol. The van der Waals surface area contributed by atoms with E-state index < -0.39 is 10.0 Å². The fourth-order valence-electron chi connectivity index (χ4n) is 3.00. The number of carbonyl (C=O) groups is 2. The Labute approximate surface area is 184 Å². The van der Waals surface area contributed by atoms with Crippen molar-refractivity contribution >= 4 is 38.9 Å². The van der Waals surface area contributed by atoms with Crippen molar-refractivity contribution in [3.8, 4) is 10.4 Å². The van der Waals surface area contributed by atoms with Gasteiger partial charge in [-0.15, -0.1) is 11.3 Å². The van der Waals surface area contributed by atoms with E-state index in [4.69, 9.17) is 5.14 Å². The minimum Gasteiger partial charge on any atom is -0.349 e. The van der Waals surface area contributed by atoms with Gasteiger partial charge in [-0.3, -0.25) is 9.59 Å². The molecule has 31 heavy (non-hydrogen) atoms. The fourth-order valence-corrected chi connectivity index (χ4v) is 4.42. The van der Waals surface area contributed by atoms with Gasteiger partial charge in [0.25, 0.3) is 11.8 Å². The topological polar surface area (TPSA) is 118 Å². The zero-order valence-corrected chi connectivity index (χ0v) is 18.3. The molecule has 0 bridgehead atoms. The molecule has 3 aromatic rings. The first-order valence-electron chi connectivity index (χ1n) is 9.66. The minimum atomic E-state index is -3.75. The molecule has 0 aliphatic heterocycles. The lowest BCUT2D eigenvalue weighted by atomic mass is 10.1. The van der Waals surface area contributed by atoms with Gasteiger partial charge in [-0.1, -0.05) is 18.2 Å². The highest BCUT2D eigenvalue weighted by molar-refractivity contribution is 7.89. The maximum Gasteiger partial charge on any atom is 0.265 e. The third-order valence-corrected chi connectivity index (χ3v) is 7.02. The normalized spacial score (nSPS) is 13.6. The SMILES string of the molecule is Cc1ccc(C(=O)NC2CC2)cc1NC(=O)c1ccc(-c2ccc(S(N)(=O)=O)cc2)s1. The second-order valence-electron chi connectivity index (χ2n) is 7.46. The Balaban J connectivity index is 1.49. The van der Waals surface area contributed by atoms with Crippen molar-refractivity contribution < 1.29 is 18.0 Å². The second-order valence-corrected chi connectivity index (χ2v) is 10.1. The van der Waals surface area contributed by atoms with Crippen LogP contribution in [-0.4, -0.2) is 26.3 Å². The molecule has 0 unspecified atom stereocenters. The van der Waals surface area contributed by atoms with Crippen LogP contribution in [0.3, 0.4) is 0 Å². The van der Waals surface area contributed by atoms with Crippen LogP contribution < -0.4 is 15.8 Å². The Morgan fingerprint density at radius 3 is 2.35 bits per heavy atom. The predicted octanol–water partition coefficient (Wildman–Crippen LogP) is 3.52. The standard InChI is InChI=1S/C22H21N3O4S2/c1-13-2-3-15(21(26)24-16-6-7-16)12-18(13)25-22(27)20-11-10-19(30-20)14-4-8-17(9-5-14)31(23,28)29/h2-5,8-12,16H,6-7H2,1H3,(H,24,26)(H,25,27)(H2,23,28,29). The molecule has 2 amide bonds. The summed E-state index contributed by atoms with van der Waals surface area (Å²) < 4.78 is 22.8. The van der Waals surface area contributed by atoms with Gasteiger partial charge in [-0.05, 0) is 67.3 Å². The summed E-state index contributed by atoms with van der Waals surface area (Å²) >= 11 is 1.29. The molecule has 1 fully saturated rings. The number of nitrogens with one attached hydrogen (secondary N) is 2. The largest absolute Gasteiger partial charge is 0.349 e. The fraction of sp³-hybridized carbons (Fsp3) is 0.182. The molecule has 0 spiro atoms. The lowest BCUT2D eigenvalue weighted by molar-refractivity contribution is 0.0949. The van der Waals surface area contributed by atoms with E-state index in [9.17, 15) is 18.0 Å². The van der Waals surface area contributed by atoms with Crippen LogP contribution in [0.5, 0.6) is 0 Å². The van der Waals surface area contributed by atoms with Gasteiger partial charge in [-0.25, -0.2) is 13.6 Å². The predicted molar refractivity (Wildman–Crippen MR) is 121 cm³/mol. The lowest BCUT2D eigenvalue weighted by Gasteiger charge is -2.10. The highest BCUT2D eigenvalue weighted by atomic mass is 32.2. The third-order valence-electron chi connectivity index (χ3n) is 4.96. The lowest BCUT2D eigenvalue weighted by Crippen LogP contribution is -2.25. The highest BCUT2D eigenvalue weighted by Crippen LogP contribution is 2.30. The van der Waals surface area contributed by atoms with Gasteiger partial charge in [0.05, 0.1) is 9.77 Å². The average Bonchev–Trinajstić information content (AvgIpc) is 3.40. The minimum absolute atomic E-state index is 0.0341. The number of amides is 2. The molecular weight excluding hydrogens is 434 g/mol. The van der Waals surface area contributed by atoms with Gasteiger partial charge in [0.15, 0.2) is 0 Å². The van der Waals surface area contributed by atoms with Crippen molar-refractivity contribution in [1.29, 1.82) is 0 Å². The van der Waals surface area contributed by atoms with Crippen molar-refractivity contribution in [1.82, 2.24) is 5.32 Å². The van der Waals surface area contributed by atoms with Gasteiger partial charge in [0.1, 0.15) is 0 Å². The molecule has 0 atom stereocenters. The molecule has 160 valence electrons. The molecule has 7 nitrogen and oxygen atoms in total. The number of primary sulfonamides is 1. The molecule has 1 aliphatic rings. The van der Waals surface area contributed by atoms with Crippen LogP contribution >= 0.6 is 11.3 Å². The number of thiophene rings is 1. The maximum absolute atomic E-state index is 12.8. The second kappa shape index (κ2) is 8.26. The van der Waals surface area contributed by atoms with Crippen molar-refractivity contribution in [3.63, 3.8) is 0 Å². The molecule has 4 rings (SSSR count). The van der Waals surface area contributed by atoms with Crippen LogP contribution in [0.2, 0.25) is 0 Å². The Bertz CT molecular complexity index is 1260. The van der Waals surface area contributed by atoms with Crippen molar-refractivity contribution in [2.45, 2.75) is 30.7 Å². The third kappa shape index (κ3) is 5.01. The van der Waals surface area contributed by atoms with Crippen LogP contribution in [-0.2, 0) is 10.0 Å². The van der Waals surface area contributed by atoms with Crippen LogP contribution in [0.15, 0.2) is 59.5 Å². The Morgan fingerprint density at radius 2 is 1.71 bits per heavy atom. The molecule has 9 heteroatoms. The van der Waals surface area contributed by atoms with Crippen molar-refractivity contribution in [2.24, 2.45) is 5.14 Å². The van der Waals surface area contributed by atoms with E-state index in [0.29, 0.717) is 16.1 Å². The first-order valence-corrected chi connectivity index (χ1v) is 12.0. The average molecular weight is 456 g/mol. The quantitative estimate of drug-likeness (QED) is 0.527. The smallest absolute Gasteiger partial charge is 0.265 e. The van der Waals surface area contributed by atoms with Gasteiger partial charge < -0.3 is 10.6 Å². The molecule has 0 radical (unpaired) electrons. The summed E-state index contributed by atoms with van der Waals surface area (Å²) in [6.07, 6.45) is 2.01. The van der Waals surface area contributed by atoms with Gasteiger partial charge in [0.2, 0.25) is 10.0 Å². The number of benzene rings is 2. The van der Waals surface area contributed by atoms with Crippen LogP contribution in [0, 0.1) is 6.92 Å². The van der Waals surface area contributed by atoms with E-state index in [2.05, 4.69) is 10.6 Å². The van der Waals surface area contributed by atoms with E-state index in [1.54, 1.807) is 36.4 Å². The number of carbonyl (C=O) groups excluding carboxylic acids is 2. The molecule has 1 aromatic heterocycles. The van der Waals surface area contributed by atoms with Crippen LogP contribution in [0.4, 0.5) is 5.69 Å². The summed E-state index contributed by atoms with van der Waals surface area (Å²) in [5, 5.41) is 10.9. The Morgan fingerprint density at radius 1 is 1.00 bits per heavy atom. The number of hydrogen-bond donors (Lipinski definition) is 3. The number of rotatable bonds is 6. The summed E-state index contributed by atoms with van der Waals surface area (Å²) in [6, 6.07) is 15.2. The highest BCUT2D eigenvalue weighted by Gasteiger charge is 2.24. The zero-order chi connectivity index (χ0) is 22.2. The van der Waals surface area contributed by atoms with Crippen LogP contribution in [0.1, 0.15) is 38.4 Å². The first kappa shape index (κ1) is 21.2. The van der Waals surface area contributed by atoms with Crippen LogP contribution in [0.25, 0.3) is 10.4 Å². The van der Waals surface area contributed by atoms with Crippen molar-refractivity contribution in [2.75, 3.05) is 5.32 Å². The van der Waals surface area contributed by atoms with E-state index in [-0.39, 0.29) is 22.8 Å². The summed E-state index contributed by atoms with van der Waals surface area (Å²) in [7, 11) is -3.75. The van der Waals surface area contributed by atoms with E-state index in [1.807, 2.05) is 13.0 Å². The van der Waals surface area contributed by atoms with E-state index in [1.165, 1.54) is 23.5 Å². The molecule has 1 heterocycles. The molecule has 0 saturated heterocycles. The zero-order valence-electron chi connectivity index (χ0n) is 16.7. The van der Waals surface area contributed by atoms with Gasteiger partial charge >= 0.3 is 0 Å². The number of hydrogen-bond acceptors (Lipinski definition) is 5. The van der Waals surface area contributed by atoms with Gasteiger partial charge in [-0.2, -0.15) is 0 Å². The molecular formula is C22H21N3O4S2. The van der Waals surface area contributed by atoms with E-state index >= 15 is 0 Å². The number of anilines is 1. The van der Waals surface area contributed by atoms with Crippen molar-refractivity contribution in [3.05, 3.63) is 70.6 Å². The summed E-state index contributed by atoms with van der Waals surface area (Å²) in [5.74, 6) is -0.417. The number of aryl methyl sites for hydroxylation is 1.